The number of carbonyl (C=O) groups is 1. The van der Waals surface area contributed by atoms with Crippen LogP contribution in [-0.4, -0.2) is 10.9 Å². The van der Waals surface area contributed by atoms with Gasteiger partial charge in [-0.15, -0.1) is 0 Å². The fourth-order valence-corrected chi connectivity index (χ4v) is 3.03. The van der Waals surface area contributed by atoms with E-state index in [1.807, 2.05) is 0 Å². The van der Waals surface area contributed by atoms with Crippen molar-refractivity contribution in [1.82, 2.24) is 4.98 Å². The quantitative estimate of drug-likeness (QED) is 0.403. The molecular weight excluding hydrogens is 407 g/mol. The van der Waals surface area contributed by atoms with Crippen LogP contribution in [0.4, 0.5) is 5.69 Å². The molecule has 3 aromatic carbocycles. The average molecular weight is 418 g/mol. The van der Waals surface area contributed by atoms with E-state index < -0.39 is 0 Å². The molecule has 4 rings (SSSR count). The number of aromatic nitrogens is 1. The van der Waals surface area contributed by atoms with Crippen molar-refractivity contribution in [3.63, 3.8) is 0 Å². The fraction of sp³-hybridized carbons (Fsp3) is 0. The lowest BCUT2D eigenvalue weighted by Crippen LogP contribution is -2.12. The Balaban J connectivity index is 1.66. The fourth-order valence-electron chi connectivity index (χ4n) is 2.57. The summed E-state index contributed by atoms with van der Waals surface area (Å²) in [5.41, 5.74) is 2.88. The number of nitrogens with zero attached hydrogens (tertiary/aromatic N) is 1. The first kappa shape index (κ1) is 17.9. The molecule has 1 heterocycles. The summed E-state index contributed by atoms with van der Waals surface area (Å²) in [6.07, 6.45) is 0. The van der Waals surface area contributed by atoms with Crippen molar-refractivity contribution in [1.29, 1.82) is 0 Å². The number of rotatable bonds is 3. The van der Waals surface area contributed by atoms with E-state index in [0.717, 1.165) is 0 Å². The number of fused-ring (bicyclic) bond motifs is 1. The second kappa shape index (κ2) is 7.24. The van der Waals surface area contributed by atoms with Crippen LogP contribution in [0.1, 0.15) is 10.4 Å². The second-order valence-corrected chi connectivity index (χ2v) is 7.07. The van der Waals surface area contributed by atoms with Crippen molar-refractivity contribution in [2.45, 2.75) is 0 Å². The SMILES string of the molecule is O=C(Nc1cc(-c2nc3cc(Cl)ccc3o2)ccc1Cl)c1ccc(Cl)cc1. The van der Waals surface area contributed by atoms with Gasteiger partial charge in [-0.05, 0) is 60.7 Å². The smallest absolute Gasteiger partial charge is 0.255 e. The van der Waals surface area contributed by atoms with E-state index in [2.05, 4.69) is 10.3 Å². The van der Waals surface area contributed by atoms with E-state index in [0.29, 0.717) is 48.9 Å². The van der Waals surface area contributed by atoms with Crippen LogP contribution in [0.5, 0.6) is 0 Å². The summed E-state index contributed by atoms with van der Waals surface area (Å²) in [5.74, 6) is 0.112. The Hall–Kier alpha value is -2.53. The Morgan fingerprint density at radius 3 is 2.41 bits per heavy atom. The largest absolute Gasteiger partial charge is 0.436 e. The van der Waals surface area contributed by atoms with Gasteiger partial charge < -0.3 is 9.73 Å². The van der Waals surface area contributed by atoms with E-state index in [1.54, 1.807) is 60.7 Å². The van der Waals surface area contributed by atoms with Crippen molar-refractivity contribution >= 4 is 57.5 Å². The van der Waals surface area contributed by atoms with Crippen molar-refractivity contribution < 1.29 is 9.21 Å². The van der Waals surface area contributed by atoms with Crippen molar-refractivity contribution in [2.24, 2.45) is 0 Å². The zero-order chi connectivity index (χ0) is 19.0. The molecule has 1 amide bonds. The number of carbonyl (C=O) groups excluding carboxylic acids is 1. The van der Waals surface area contributed by atoms with Gasteiger partial charge in [0.2, 0.25) is 5.89 Å². The molecule has 0 saturated heterocycles. The van der Waals surface area contributed by atoms with Gasteiger partial charge in [0.15, 0.2) is 5.58 Å². The lowest BCUT2D eigenvalue weighted by atomic mass is 10.1. The first-order valence-corrected chi connectivity index (χ1v) is 9.06. The zero-order valence-electron chi connectivity index (χ0n) is 13.7. The number of hydrogen-bond acceptors (Lipinski definition) is 3. The van der Waals surface area contributed by atoms with Crippen molar-refractivity contribution in [3.05, 3.63) is 81.3 Å². The highest BCUT2D eigenvalue weighted by molar-refractivity contribution is 6.34. The molecule has 4 nitrogen and oxygen atoms in total. The second-order valence-electron chi connectivity index (χ2n) is 5.79. The topological polar surface area (TPSA) is 55.1 Å². The number of nitrogens with one attached hydrogen (secondary N) is 1. The Kier molecular flexibility index (Phi) is 4.79. The summed E-state index contributed by atoms with van der Waals surface area (Å²) in [5, 5.41) is 4.33. The number of benzene rings is 3. The Morgan fingerprint density at radius 2 is 1.63 bits per heavy atom. The molecule has 0 aliphatic heterocycles. The summed E-state index contributed by atoms with van der Waals surface area (Å²) < 4.78 is 5.77. The average Bonchev–Trinajstić information content (AvgIpc) is 3.07. The Labute approximate surface area is 169 Å². The van der Waals surface area contributed by atoms with E-state index in [-0.39, 0.29) is 5.91 Å². The maximum Gasteiger partial charge on any atom is 0.255 e. The Morgan fingerprint density at radius 1 is 0.889 bits per heavy atom. The van der Waals surface area contributed by atoms with Crippen LogP contribution < -0.4 is 5.32 Å². The number of hydrogen-bond donors (Lipinski definition) is 1. The molecule has 4 aromatic rings. The third kappa shape index (κ3) is 3.78. The summed E-state index contributed by atoms with van der Waals surface area (Å²) in [4.78, 5) is 16.9. The van der Waals surface area contributed by atoms with E-state index in [1.165, 1.54) is 0 Å². The van der Waals surface area contributed by atoms with Gasteiger partial charge in [0, 0.05) is 21.2 Å². The van der Waals surface area contributed by atoms with Crippen LogP contribution in [0.2, 0.25) is 15.1 Å². The highest BCUT2D eigenvalue weighted by atomic mass is 35.5. The molecule has 0 fully saturated rings. The molecule has 0 saturated carbocycles. The van der Waals surface area contributed by atoms with Crippen molar-refractivity contribution in [2.75, 3.05) is 5.32 Å². The predicted molar refractivity (Wildman–Crippen MR) is 109 cm³/mol. The standard InChI is InChI=1S/C20H11Cl3N2O2/c21-13-4-1-11(2-5-13)19(26)24-16-9-12(3-7-15(16)23)20-25-17-10-14(22)6-8-18(17)27-20/h1-10H,(H,24,26). The molecule has 0 radical (unpaired) electrons. The normalized spacial score (nSPS) is 10.9. The molecule has 0 aliphatic carbocycles. The van der Waals surface area contributed by atoms with Crippen molar-refractivity contribution in [3.8, 4) is 11.5 Å². The Bertz CT molecular complexity index is 1150. The molecule has 0 aliphatic rings. The lowest BCUT2D eigenvalue weighted by Gasteiger charge is -2.08. The first-order valence-electron chi connectivity index (χ1n) is 7.92. The monoisotopic (exact) mass is 416 g/mol. The van der Waals surface area contributed by atoms with Crippen LogP contribution in [0.15, 0.2) is 65.1 Å². The molecule has 7 heteroatoms. The predicted octanol–water partition coefficient (Wildman–Crippen LogP) is 6.71. The van der Waals surface area contributed by atoms with Gasteiger partial charge in [0.05, 0.1) is 10.7 Å². The minimum absolute atomic E-state index is 0.296. The van der Waals surface area contributed by atoms with Crippen LogP contribution in [0.3, 0.4) is 0 Å². The van der Waals surface area contributed by atoms with Gasteiger partial charge in [-0.25, -0.2) is 4.98 Å². The molecule has 0 atom stereocenters. The van der Waals surface area contributed by atoms with Gasteiger partial charge in [0.1, 0.15) is 5.52 Å². The molecule has 0 spiro atoms. The number of oxazole rings is 1. The van der Waals surface area contributed by atoms with Crippen LogP contribution in [-0.2, 0) is 0 Å². The van der Waals surface area contributed by atoms with Crippen LogP contribution in [0.25, 0.3) is 22.6 Å². The highest BCUT2D eigenvalue weighted by Gasteiger charge is 2.13. The van der Waals surface area contributed by atoms with E-state index in [4.69, 9.17) is 39.2 Å². The summed E-state index contributed by atoms with van der Waals surface area (Å²) in [6.45, 7) is 0. The number of anilines is 1. The van der Waals surface area contributed by atoms with Crippen LogP contribution in [0, 0.1) is 0 Å². The summed E-state index contributed by atoms with van der Waals surface area (Å²) in [6, 6.07) is 17.0. The zero-order valence-corrected chi connectivity index (χ0v) is 15.9. The third-order valence-electron chi connectivity index (χ3n) is 3.92. The third-order valence-corrected chi connectivity index (χ3v) is 4.73. The lowest BCUT2D eigenvalue weighted by molar-refractivity contribution is 0.102. The van der Waals surface area contributed by atoms with Gasteiger partial charge >= 0.3 is 0 Å². The maximum atomic E-state index is 12.4. The van der Waals surface area contributed by atoms with E-state index >= 15 is 0 Å². The van der Waals surface area contributed by atoms with Gasteiger partial charge in [-0.3, -0.25) is 4.79 Å². The highest BCUT2D eigenvalue weighted by Crippen LogP contribution is 2.31. The molecule has 1 aromatic heterocycles. The van der Waals surface area contributed by atoms with Crippen LogP contribution >= 0.6 is 34.8 Å². The molecule has 0 bridgehead atoms. The number of halogens is 3. The minimum atomic E-state index is -0.296. The number of amides is 1. The van der Waals surface area contributed by atoms with E-state index in [9.17, 15) is 4.79 Å². The summed E-state index contributed by atoms with van der Waals surface area (Å²) >= 11 is 18.1. The molecule has 134 valence electrons. The first-order chi connectivity index (χ1) is 13.0. The van der Waals surface area contributed by atoms with Gasteiger partial charge in [-0.2, -0.15) is 0 Å². The maximum absolute atomic E-state index is 12.4. The molecule has 0 unspecified atom stereocenters. The van der Waals surface area contributed by atoms with Gasteiger partial charge in [0.25, 0.3) is 5.91 Å². The molecule has 27 heavy (non-hydrogen) atoms. The molecule has 1 N–H and O–H groups in total. The minimum Gasteiger partial charge on any atom is -0.436 e. The summed E-state index contributed by atoms with van der Waals surface area (Å²) in [7, 11) is 0. The molecular formula is C20H11Cl3N2O2. The van der Waals surface area contributed by atoms with Gasteiger partial charge in [-0.1, -0.05) is 34.8 Å².